The van der Waals surface area contributed by atoms with E-state index in [1.807, 2.05) is 30.3 Å². The summed E-state index contributed by atoms with van der Waals surface area (Å²) in [6, 6.07) is 9.90. The zero-order valence-corrected chi connectivity index (χ0v) is 22.4. The van der Waals surface area contributed by atoms with Crippen LogP contribution in [-0.4, -0.2) is 45.9 Å². The van der Waals surface area contributed by atoms with Gasteiger partial charge in [0, 0.05) is 0 Å². The third kappa shape index (κ3) is 6.73. The summed E-state index contributed by atoms with van der Waals surface area (Å²) in [6.45, 7) is 7.04. The van der Waals surface area contributed by atoms with E-state index in [0.717, 1.165) is 18.4 Å². The van der Waals surface area contributed by atoms with Gasteiger partial charge in [0.15, 0.2) is 0 Å². The number of aromatic nitrogens is 3. The summed E-state index contributed by atoms with van der Waals surface area (Å²) in [5, 5.41) is 11.1. The molecule has 0 spiro atoms. The monoisotopic (exact) mass is 560 g/mol. The number of ether oxygens (including phenoxy) is 3. The van der Waals surface area contributed by atoms with Crippen LogP contribution in [0.4, 0.5) is 0 Å². The number of benzene rings is 1. The molecule has 1 fully saturated rings. The Bertz CT molecular complexity index is 1090. The van der Waals surface area contributed by atoms with Crippen LogP contribution in [0.25, 0.3) is 0 Å². The molecule has 1 saturated carbocycles. The van der Waals surface area contributed by atoms with Crippen LogP contribution >= 0.6 is 15.9 Å². The van der Waals surface area contributed by atoms with Crippen molar-refractivity contribution in [3.05, 3.63) is 58.0 Å². The Morgan fingerprint density at radius 1 is 1.28 bits per heavy atom. The Morgan fingerprint density at radius 3 is 2.81 bits per heavy atom. The van der Waals surface area contributed by atoms with Gasteiger partial charge in [-0.25, -0.2) is 9.48 Å². The average molecular weight is 561 g/mol. The van der Waals surface area contributed by atoms with E-state index in [2.05, 4.69) is 52.3 Å². The van der Waals surface area contributed by atoms with Gasteiger partial charge in [0.2, 0.25) is 6.29 Å². The molecule has 1 N–H and O–H groups in total. The molecule has 0 unspecified atom stereocenters. The van der Waals surface area contributed by atoms with Crippen molar-refractivity contribution in [3.63, 3.8) is 0 Å². The van der Waals surface area contributed by atoms with Crippen molar-refractivity contribution in [2.24, 2.45) is 17.8 Å². The van der Waals surface area contributed by atoms with Gasteiger partial charge in [0.05, 0.1) is 18.8 Å². The van der Waals surface area contributed by atoms with Gasteiger partial charge in [-0.15, -0.1) is 5.10 Å². The molecule has 1 aromatic carbocycles. The second-order valence-corrected chi connectivity index (χ2v) is 10.7. The Labute approximate surface area is 219 Å². The predicted octanol–water partition coefficient (Wildman–Crippen LogP) is 3.93. The number of cyclic esters (lactones) is 1. The molecular formula is C26H33BrN4O5. The molecule has 2 aliphatic rings. The zero-order valence-electron chi connectivity index (χ0n) is 20.9. The summed E-state index contributed by atoms with van der Waals surface area (Å²) in [5.74, 6) is 0.386. The fourth-order valence-corrected chi connectivity index (χ4v) is 5.15. The van der Waals surface area contributed by atoms with Crippen molar-refractivity contribution >= 4 is 27.9 Å². The van der Waals surface area contributed by atoms with Crippen molar-refractivity contribution in [1.29, 1.82) is 0 Å². The number of nitrogens with zero attached hydrogens (tertiary/aromatic N) is 3. The molecule has 0 bridgehead atoms. The highest BCUT2D eigenvalue weighted by Crippen LogP contribution is 2.38. The molecule has 0 amide bonds. The Morgan fingerprint density at radius 2 is 2.06 bits per heavy atom. The number of rotatable bonds is 10. The third-order valence-corrected chi connectivity index (χ3v) is 7.45. The first-order chi connectivity index (χ1) is 17.3. The van der Waals surface area contributed by atoms with Gasteiger partial charge in [-0.05, 0) is 52.1 Å². The molecule has 1 aliphatic heterocycles. The van der Waals surface area contributed by atoms with E-state index in [4.69, 9.17) is 14.2 Å². The number of hydrogen-bond donors (Lipinski definition) is 1. The van der Waals surface area contributed by atoms with Crippen LogP contribution in [0, 0.1) is 17.8 Å². The maximum atomic E-state index is 12.4. The highest BCUT2D eigenvalue weighted by Gasteiger charge is 2.39. The summed E-state index contributed by atoms with van der Waals surface area (Å²) in [7, 11) is 0. The van der Waals surface area contributed by atoms with E-state index in [0.29, 0.717) is 35.7 Å². The number of hydrogen-bond acceptors (Lipinski definition) is 8. The molecule has 1 aromatic heterocycles. The molecule has 9 nitrogen and oxygen atoms in total. The molecular weight excluding hydrogens is 528 g/mol. The van der Waals surface area contributed by atoms with Crippen molar-refractivity contribution in [1.82, 2.24) is 20.3 Å². The SMILES string of the molecule is CC(C)[C@@H]1CC[C@@H](C)C[C@H]1O[C@H]1OC(=O)C(Br)=C1NCC(=O)OCc1cn(Cc2ccccc2)nn1. The maximum absolute atomic E-state index is 12.4. The topological polar surface area (TPSA) is 105 Å². The van der Waals surface area contributed by atoms with Crippen LogP contribution in [0.15, 0.2) is 46.7 Å². The van der Waals surface area contributed by atoms with E-state index in [9.17, 15) is 9.59 Å². The molecule has 194 valence electrons. The normalized spacial score (nSPS) is 24.2. The molecule has 36 heavy (non-hydrogen) atoms. The number of carbonyl (C=O) groups is 2. The largest absolute Gasteiger partial charge is 0.458 e. The minimum atomic E-state index is -0.880. The summed E-state index contributed by atoms with van der Waals surface area (Å²) in [6.07, 6.45) is 4.01. The van der Waals surface area contributed by atoms with Crippen molar-refractivity contribution in [2.45, 2.75) is 65.6 Å². The van der Waals surface area contributed by atoms with Crippen LogP contribution in [0.3, 0.4) is 0 Å². The molecule has 0 saturated heterocycles. The number of halogens is 1. The lowest BCUT2D eigenvalue weighted by Gasteiger charge is -2.38. The second kappa shape index (κ2) is 12.0. The second-order valence-electron chi connectivity index (χ2n) is 9.87. The number of esters is 2. The fraction of sp³-hybridized carbons (Fsp3) is 0.538. The molecule has 2 aromatic rings. The Balaban J connectivity index is 1.28. The minimum absolute atomic E-state index is 0.000903. The van der Waals surface area contributed by atoms with E-state index in [-0.39, 0.29) is 23.7 Å². The van der Waals surface area contributed by atoms with Crippen LogP contribution < -0.4 is 5.32 Å². The standard InChI is InChI=1S/C26H33BrN4O5/c1-16(2)20-10-9-17(3)11-21(20)35-26-24(23(27)25(33)36-26)28-12-22(32)34-15-19-14-31(30-29-19)13-18-7-5-4-6-8-18/h4-8,14,16-17,20-21,26,28H,9-13,15H2,1-3H3/t17-,20+,21-,26+/m1/s1. The highest BCUT2D eigenvalue weighted by molar-refractivity contribution is 9.12. The number of nitrogens with one attached hydrogen (secondary N) is 1. The van der Waals surface area contributed by atoms with Gasteiger partial charge >= 0.3 is 11.9 Å². The summed E-state index contributed by atoms with van der Waals surface area (Å²) < 4.78 is 19.0. The molecule has 4 atom stereocenters. The van der Waals surface area contributed by atoms with Gasteiger partial charge < -0.3 is 19.5 Å². The first kappa shape index (κ1) is 26.3. The molecule has 1 aliphatic carbocycles. The summed E-state index contributed by atoms with van der Waals surface area (Å²) in [4.78, 5) is 24.6. The van der Waals surface area contributed by atoms with E-state index in [1.54, 1.807) is 10.9 Å². The minimum Gasteiger partial charge on any atom is -0.458 e. The van der Waals surface area contributed by atoms with Crippen LogP contribution in [0.2, 0.25) is 0 Å². The lowest BCUT2D eigenvalue weighted by atomic mass is 9.75. The lowest BCUT2D eigenvalue weighted by molar-refractivity contribution is -0.182. The van der Waals surface area contributed by atoms with Gasteiger partial charge in [0.1, 0.15) is 29.0 Å². The van der Waals surface area contributed by atoms with Crippen molar-refractivity contribution in [2.75, 3.05) is 6.54 Å². The zero-order chi connectivity index (χ0) is 25.7. The first-order valence-electron chi connectivity index (χ1n) is 12.4. The Kier molecular flexibility index (Phi) is 8.79. The smallest absolute Gasteiger partial charge is 0.349 e. The highest BCUT2D eigenvalue weighted by atomic mass is 79.9. The average Bonchev–Trinajstić information content (AvgIpc) is 3.40. The van der Waals surface area contributed by atoms with Gasteiger partial charge in [-0.2, -0.15) is 0 Å². The van der Waals surface area contributed by atoms with Crippen LogP contribution in [0.5, 0.6) is 0 Å². The van der Waals surface area contributed by atoms with Gasteiger partial charge in [0.25, 0.3) is 0 Å². The van der Waals surface area contributed by atoms with E-state index >= 15 is 0 Å². The fourth-order valence-electron chi connectivity index (χ4n) is 4.73. The lowest BCUT2D eigenvalue weighted by Crippen LogP contribution is -2.39. The summed E-state index contributed by atoms with van der Waals surface area (Å²) in [5.41, 5.74) is 2.05. The number of carbonyl (C=O) groups excluding carboxylic acids is 2. The van der Waals surface area contributed by atoms with Crippen molar-refractivity contribution < 1.29 is 23.8 Å². The van der Waals surface area contributed by atoms with E-state index in [1.165, 1.54) is 6.42 Å². The third-order valence-electron chi connectivity index (χ3n) is 6.70. The van der Waals surface area contributed by atoms with E-state index < -0.39 is 18.2 Å². The van der Waals surface area contributed by atoms with Crippen LogP contribution in [-0.2, 0) is 37.0 Å². The Hall–Kier alpha value is -2.72. The van der Waals surface area contributed by atoms with Crippen molar-refractivity contribution in [3.8, 4) is 0 Å². The molecule has 4 rings (SSSR count). The van der Waals surface area contributed by atoms with Crippen LogP contribution in [0.1, 0.15) is 51.3 Å². The maximum Gasteiger partial charge on any atom is 0.349 e. The molecule has 0 radical (unpaired) electrons. The summed E-state index contributed by atoms with van der Waals surface area (Å²) >= 11 is 3.28. The van der Waals surface area contributed by atoms with Gasteiger partial charge in [-0.3, -0.25) is 4.79 Å². The first-order valence-corrected chi connectivity index (χ1v) is 13.2. The molecule has 10 heteroatoms. The molecule has 2 heterocycles. The van der Waals surface area contributed by atoms with Gasteiger partial charge in [-0.1, -0.05) is 62.7 Å². The predicted molar refractivity (Wildman–Crippen MR) is 135 cm³/mol. The quantitative estimate of drug-likeness (QED) is 0.436.